The van der Waals surface area contributed by atoms with E-state index in [0.717, 1.165) is 24.0 Å². The molecule has 0 amide bonds. The molecule has 0 saturated heterocycles. The summed E-state index contributed by atoms with van der Waals surface area (Å²) in [5, 5.41) is 4.38. The molecule has 3 heterocycles. The van der Waals surface area contributed by atoms with Gasteiger partial charge in [0.2, 0.25) is 11.7 Å². The van der Waals surface area contributed by atoms with E-state index in [4.69, 9.17) is 16.1 Å². The summed E-state index contributed by atoms with van der Waals surface area (Å²) in [5.41, 5.74) is 2.77. The number of nitrogens with one attached hydrogen (secondary N) is 1. The smallest absolute Gasteiger partial charge is 0.237 e. The molecule has 0 radical (unpaired) electrons. The largest absolute Gasteiger partial charge is 0.338 e. The van der Waals surface area contributed by atoms with Gasteiger partial charge in [-0.05, 0) is 54.8 Å². The highest BCUT2D eigenvalue weighted by Crippen LogP contribution is 2.53. The van der Waals surface area contributed by atoms with E-state index < -0.39 is 5.82 Å². The maximum atomic E-state index is 14.2. The fourth-order valence-corrected chi connectivity index (χ4v) is 4.30. The Kier molecular flexibility index (Phi) is 4.77. The maximum Gasteiger partial charge on any atom is 0.237 e. The summed E-state index contributed by atoms with van der Waals surface area (Å²) in [6, 6.07) is 14.5. The number of nitrogens with zero attached hydrogens (tertiary/aromatic N) is 4. The Hall–Kier alpha value is -3.91. The first-order chi connectivity index (χ1) is 16.5. The third-order valence-corrected chi connectivity index (χ3v) is 6.38. The highest BCUT2D eigenvalue weighted by Gasteiger charge is 2.51. The van der Waals surface area contributed by atoms with Gasteiger partial charge in [-0.15, -0.1) is 0 Å². The van der Waals surface area contributed by atoms with Crippen LogP contribution in [0.2, 0.25) is 5.02 Å². The van der Waals surface area contributed by atoms with E-state index >= 15 is 0 Å². The SMILES string of the molecule is Fc1ccc(C2(c3nc(-c4ccc(-c5cnc(-c6c(F)cccc6Cl)[nH]5)cn4)no3)CC2)cc1. The molecule has 0 unspecified atom stereocenters. The summed E-state index contributed by atoms with van der Waals surface area (Å²) in [4.78, 5) is 16.4. The summed E-state index contributed by atoms with van der Waals surface area (Å²) in [6.07, 6.45) is 4.97. The van der Waals surface area contributed by atoms with Crippen LogP contribution in [0.1, 0.15) is 24.3 Å². The molecular formula is C25H16ClF2N5O. The second-order valence-corrected chi connectivity index (χ2v) is 8.59. The summed E-state index contributed by atoms with van der Waals surface area (Å²) in [7, 11) is 0. The maximum absolute atomic E-state index is 14.2. The number of aromatic nitrogens is 5. The van der Waals surface area contributed by atoms with Crippen LogP contribution < -0.4 is 0 Å². The molecule has 6 rings (SSSR count). The van der Waals surface area contributed by atoms with Crippen molar-refractivity contribution in [3.8, 4) is 34.2 Å². The summed E-state index contributed by atoms with van der Waals surface area (Å²) in [5.74, 6) is 0.471. The standard InChI is InChI=1S/C25H16ClF2N5O/c26-17-2-1-3-18(28)21(17)23-30-13-20(31-23)14-4-9-19(29-12-14)22-32-24(34-33-22)25(10-11-25)15-5-7-16(27)8-6-15/h1-9,12-13H,10-11H2,(H,30,31). The van der Waals surface area contributed by atoms with Crippen LogP contribution in [-0.4, -0.2) is 25.1 Å². The number of hydrogen-bond donors (Lipinski definition) is 1. The van der Waals surface area contributed by atoms with E-state index in [1.54, 1.807) is 42.7 Å². The number of H-pyrrole nitrogens is 1. The minimum absolute atomic E-state index is 0.217. The number of halogens is 3. The molecule has 3 aromatic heterocycles. The second-order valence-electron chi connectivity index (χ2n) is 8.19. The molecule has 1 aliphatic carbocycles. The van der Waals surface area contributed by atoms with Gasteiger partial charge in [0, 0.05) is 11.8 Å². The van der Waals surface area contributed by atoms with Gasteiger partial charge in [-0.3, -0.25) is 4.98 Å². The van der Waals surface area contributed by atoms with Gasteiger partial charge in [0.25, 0.3) is 0 Å². The first-order valence-corrected chi connectivity index (χ1v) is 11.0. The van der Waals surface area contributed by atoms with Gasteiger partial charge in [-0.25, -0.2) is 13.8 Å². The van der Waals surface area contributed by atoms with E-state index in [1.165, 1.54) is 18.2 Å². The molecule has 34 heavy (non-hydrogen) atoms. The van der Waals surface area contributed by atoms with Crippen LogP contribution in [0.5, 0.6) is 0 Å². The molecule has 9 heteroatoms. The van der Waals surface area contributed by atoms with E-state index in [2.05, 4.69) is 25.1 Å². The van der Waals surface area contributed by atoms with Crippen molar-refractivity contribution in [3.05, 3.63) is 95.1 Å². The van der Waals surface area contributed by atoms with E-state index in [-0.39, 0.29) is 21.8 Å². The summed E-state index contributed by atoms with van der Waals surface area (Å²) >= 11 is 6.14. The molecule has 5 aromatic rings. The topological polar surface area (TPSA) is 80.5 Å². The molecule has 2 aromatic carbocycles. The number of rotatable bonds is 5. The molecule has 0 bridgehead atoms. The lowest BCUT2D eigenvalue weighted by Gasteiger charge is -2.09. The van der Waals surface area contributed by atoms with Crippen molar-refractivity contribution in [1.82, 2.24) is 25.1 Å². The minimum atomic E-state index is -0.455. The van der Waals surface area contributed by atoms with Crippen molar-refractivity contribution in [2.45, 2.75) is 18.3 Å². The number of benzene rings is 2. The van der Waals surface area contributed by atoms with Crippen molar-refractivity contribution < 1.29 is 13.3 Å². The number of hydrogen-bond acceptors (Lipinski definition) is 5. The average Bonchev–Trinajstić information content (AvgIpc) is 3.26. The molecule has 168 valence electrons. The normalized spacial score (nSPS) is 14.3. The first kappa shape index (κ1) is 20.7. The van der Waals surface area contributed by atoms with E-state index in [9.17, 15) is 8.78 Å². The molecule has 6 nitrogen and oxygen atoms in total. The number of pyridine rings is 1. The molecule has 1 aliphatic rings. The predicted molar refractivity (Wildman–Crippen MR) is 122 cm³/mol. The monoisotopic (exact) mass is 475 g/mol. The third-order valence-electron chi connectivity index (χ3n) is 6.06. The second kappa shape index (κ2) is 7.85. The van der Waals surface area contributed by atoms with Gasteiger partial charge < -0.3 is 9.51 Å². The van der Waals surface area contributed by atoms with Gasteiger partial charge in [0.15, 0.2) is 0 Å². The Morgan fingerprint density at radius 2 is 1.76 bits per heavy atom. The zero-order chi connectivity index (χ0) is 23.3. The zero-order valence-corrected chi connectivity index (χ0v) is 18.4. The Bertz CT molecular complexity index is 1470. The highest BCUT2D eigenvalue weighted by atomic mass is 35.5. The van der Waals surface area contributed by atoms with E-state index in [0.29, 0.717) is 28.9 Å². The average molecular weight is 476 g/mol. The lowest BCUT2D eigenvalue weighted by Crippen LogP contribution is -2.09. The van der Waals surface area contributed by atoms with Crippen LogP contribution >= 0.6 is 11.6 Å². The molecule has 1 saturated carbocycles. The van der Waals surface area contributed by atoms with Gasteiger partial charge in [0.1, 0.15) is 23.2 Å². The van der Waals surface area contributed by atoms with Crippen molar-refractivity contribution in [2.75, 3.05) is 0 Å². The first-order valence-electron chi connectivity index (χ1n) is 10.6. The van der Waals surface area contributed by atoms with Gasteiger partial charge in [-0.2, -0.15) is 4.98 Å². The molecular weight excluding hydrogens is 460 g/mol. The summed E-state index contributed by atoms with van der Waals surface area (Å²) < 4.78 is 33.1. The van der Waals surface area contributed by atoms with Crippen molar-refractivity contribution in [2.24, 2.45) is 0 Å². The van der Waals surface area contributed by atoms with Crippen molar-refractivity contribution in [3.63, 3.8) is 0 Å². The predicted octanol–water partition coefficient (Wildman–Crippen LogP) is 6.20. The molecule has 0 aliphatic heterocycles. The Balaban J connectivity index is 1.25. The quantitative estimate of drug-likeness (QED) is 0.327. The number of imidazole rings is 1. The summed E-state index contributed by atoms with van der Waals surface area (Å²) in [6.45, 7) is 0. The van der Waals surface area contributed by atoms with Crippen molar-refractivity contribution in [1.29, 1.82) is 0 Å². The van der Waals surface area contributed by atoms with Gasteiger partial charge in [-0.1, -0.05) is 35.0 Å². The molecule has 0 spiro atoms. The zero-order valence-electron chi connectivity index (χ0n) is 17.6. The lowest BCUT2D eigenvalue weighted by molar-refractivity contribution is 0.360. The Morgan fingerprint density at radius 3 is 2.47 bits per heavy atom. The molecule has 0 atom stereocenters. The van der Waals surface area contributed by atoms with Crippen LogP contribution in [0.3, 0.4) is 0 Å². The van der Waals surface area contributed by atoms with Crippen LogP contribution in [0.15, 0.2) is 71.5 Å². The minimum Gasteiger partial charge on any atom is -0.338 e. The van der Waals surface area contributed by atoms with Gasteiger partial charge in [0.05, 0.1) is 27.9 Å². The molecule has 1 fully saturated rings. The van der Waals surface area contributed by atoms with Crippen molar-refractivity contribution >= 4 is 11.6 Å². The van der Waals surface area contributed by atoms with Crippen LogP contribution in [0, 0.1) is 11.6 Å². The fraction of sp³-hybridized carbons (Fsp3) is 0.120. The lowest BCUT2D eigenvalue weighted by atomic mass is 9.96. The Labute approximate surface area is 197 Å². The number of aromatic amines is 1. The molecule has 1 N–H and O–H groups in total. The van der Waals surface area contributed by atoms with Crippen LogP contribution in [0.25, 0.3) is 34.2 Å². The third kappa shape index (κ3) is 3.47. The fourth-order valence-electron chi connectivity index (χ4n) is 4.05. The Morgan fingerprint density at radius 1 is 0.941 bits per heavy atom. The van der Waals surface area contributed by atoms with Crippen LogP contribution in [-0.2, 0) is 5.41 Å². The van der Waals surface area contributed by atoms with E-state index in [1.807, 2.05) is 6.07 Å². The highest BCUT2D eigenvalue weighted by molar-refractivity contribution is 6.33. The van der Waals surface area contributed by atoms with Gasteiger partial charge >= 0.3 is 0 Å². The van der Waals surface area contributed by atoms with Crippen LogP contribution in [0.4, 0.5) is 8.78 Å².